The standard InChI is InChI=1S/C17H20N4O3/c1-11-10-15-20(19-11)9-8-16(22)21(15)12(2)17(23)18-13-4-6-14(24-3)7-5-13/h4-7,10,12H,8-9H2,1-3H3,(H,18,23). The summed E-state index contributed by atoms with van der Waals surface area (Å²) in [6.07, 6.45) is 0.342. The van der Waals surface area contributed by atoms with E-state index in [4.69, 9.17) is 4.74 Å². The Kier molecular flexibility index (Phi) is 4.24. The van der Waals surface area contributed by atoms with Crippen molar-refractivity contribution in [2.45, 2.75) is 32.9 Å². The van der Waals surface area contributed by atoms with E-state index in [1.54, 1.807) is 43.0 Å². The second kappa shape index (κ2) is 6.35. The zero-order valence-electron chi connectivity index (χ0n) is 13.9. The number of nitrogens with zero attached hydrogens (tertiary/aromatic N) is 3. The van der Waals surface area contributed by atoms with Gasteiger partial charge in [0.25, 0.3) is 0 Å². The number of carbonyl (C=O) groups is 2. The molecule has 1 aromatic heterocycles. The van der Waals surface area contributed by atoms with Gasteiger partial charge in [0.2, 0.25) is 11.8 Å². The maximum absolute atomic E-state index is 12.6. The summed E-state index contributed by atoms with van der Waals surface area (Å²) in [4.78, 5) is 26.4. The number of amides is 2. The second-order valence-electron chi connectivity index (χ2n) is 5.77. The topological polar surface area (TPSA) is 76.5 Å². The number of carbonyl (C=O) groups excluding carboxylic acids is 2. The molecule has 7 nitrogen and oxygen atoms in total. The molecule has 0 radical (unpaired) electrons. The number of benzene rings is 1. The maximum Gasteiger partial charge on any atom is 0.247 e. The predicted octanol–water partition coefficient (Wildman–Crippen LogP) is 1.96. The molecular weight excluding hydrogens is 308 g/mol. The zero-order valence-corrected chi connectivity index (χ0v) is 13.9. The van der Waals surface area contributed by atoms with Crippen LogP contribution in [0.4, 0.5) is 11.5 Å². The summed E-state index contributed by atoms with van der Waals surface area (Å²) >= 11 is 0. The van der Waals surface area contributed by atoms with E-state index >= 15 is 0 Å². The Balaban J connectivity index is 1.78. The smallest absolute Gasteiger partial charge is 0.247 e. The molecule has 0 fully saturated rings. The summed E-state index contributed by atoms with van der Waals surface area (Å²) < 4.78 is 6.87. The Morgan fingerprint density at radius 2 is 2.04 bits per heavy atom. The summed E-state index contributed by atoms with van der Waals surface area (Å²) in [5.41, 5.74) is 1.48. The number of ether oxygens (including phenoxy) is 1. The fourth-order valence-electron chi connectivity index (χ4n) is 2.79. The molecule has 0 spiro atoms. The number of hydrogen-bond acceptors (Lipinski definition) is 4. The number of methoxy groups -OCH3 is 1. The molecule has 126 valence electrons. The van der Waals surface area contributed by atoms with Gasteiger partial charge in [-0.2, -0.15) is 5.10 Å². The van der Waals surface area contributed by atoms with Crippen LogP contribution in [-0.4, -0.2) is 34.7 Å². The SMILES string of the molecule is COc1ccc(NC(=O)C(C)N2C(=O)CCn3nc(C)cc32)cc1. The minimum atomic E-state index is -0.630. The molecule has 1 aliphatic rings. The van der Waals surface area contributed by atoms with Crippen LogP contribution in [0.25, 0.3) is 0 Å². The maximum atomic E-state index is 12.6. The van der Waals surface area contributed by atoms with Crippen LogP contribution in [-0.2, 0) is 16.1 Å². The van der Waals surface area contributed by atoms with Crippen molar-refractivity contribution in [3.63, 3.8) is 0 Å². The molecule has 2 heterocycles. The highest BCUT2D eigenvalue weighted by Crippen LogP contribution is 2.25. The number of fused-ring (bicyclic) bond motifs is 1. The first kappa shape index (κ1) is 16.0. The molecular formula is C17H20N4O3. The van der Waals surface area contributed by atoms with Crippen LogP contribution in [0.1, 0.15) is 19.0 Å². The Morgan fingerprint density at radius 1 is 1.33 bits per heavy atom. The number of anilines is 2. The van der Waals surface area contributed by atoms with Gasteiger partial charge in [0.1, 0.15) is 17.6 Å². The molecule has 0 saturated heterocycles. The quantitative estimate of drug-likeness (QED) is 0.931. The van der Waals surface area contributed by atoms with Crippen LogP contribution in [0.2, 0.25) is 0 Å². The van der Waals surface area contributed by atoms with Crippen molar-refractivity contribution < 1.29 is 14.3 Å². The molecule has 1 N–H and O–H groups in total. The average molecular weight is 328 g/mol. The first-order chi connectivity index (χ1) is 11.5. The van der Waals surface area contributed by atoms with Crippen molar-refractivity contribution in [1.29, 1.82) is 0 Å². The summed E-state index contributed by atoms with van der Waals surface area (Å²) in [6, 6.07) is 8.25. The van der Waals surface area contributed by atoms with Gasteiger partial charge in [0.05, 0.1) is 19.3 Å². The van der Waals surface area contributed by atoms with Gasteiger partial charge in [0, 0.05) is 18.2 Å². The van der Waals surface area contributed by atoms with Crippen LogP contribution in [0.3, 0.4) is 0 Å². The number of nitrogens with one attached hydrogen (secondary N) is 1. The molecule has 0 saturated carbocycles. The van der Waals surface area contributed by atoms with E-state index in [-0.39, 0.29) is 11.8 Å². The van der Waals surface area contributed by atoms with Crippen LogP contribution in [0.5, 0.6) is 5.75 Å². The lowest BCUT2D eigenvalue weighted by atomic mass is 10.2. The molecule has 1 unspecified atom stereocenters. The van der Waals surface area contributed by atoms with Crippen molar-refractivity contribution >= 4 is 23.3 Å². The molecule has 2 aromatic rings. The van der Waals surface area contributed by atoms with Crippen LogP contribution in [0, 0.1) is 6.92 Å². The van der Waals surface area contributed by atoms with Gasteiger partial charge in [-0.05, 0) is 38.1 Å². The fourth-order valence-corrected chi connectivity index (χ4v) is 2.79. The summed E-state index contributed by atoms with van der Waals surface area (Å²) in [7, 11) is 1.59. The summed E-state index contributed by atoms with van der Waals surface area (Å²) in [5, 5.41) is 7.19. The lowest BCUT2D eigenvalue weighted by molar-refractivity contribution is -0.124. The van der Waals surface area contributed by atoms with Crippen molar-refractivity contribution in [3.8, 4) is 5.75 Å². The van der Waals surface area contributed by atoms with E-state index in [1.165, 1.54) is 4.90 Å². The van der Waals surface area contributed by atoms with E-state index in [0.29, 0.717) is 30.2 Å². The van der Waals surface area contributed by atoms with Gasteiger partial charge in [-0.3, -0.25) is 14.5 Å². The van der Waals surface area contributed by atoms with Crippen molar-refractivity contribution in [3.05, 3.63) is 36.0 Å². The fraction of sp³-hybridized carbons (Fsp3) is 0.353. The number of aromatic nitrogens is 2. The molecule has 0 aliphatic carbocycles. The van der Waals surface area contributed by atoms with Gasteiger partial charge in [-0.25, -0.2) is 4.68 Å². The number of hydrogen-bond donors (Lipinski definition) is 1. The van der Waals surface area contributed by atoms with Gasteiger partial charge in [0.15, 0.2) is 0 Å². The number of rotatable bonds is 4. The number of aryl methyl sites for hydroxylation is 2. The van der Waals surface area contributed by atoms with E-state index < -0.39 is 6.04 Å². The third-order valence-corrected chi connectivity index (χ3v) is 4.06. The molecule has 7 heteroatoms. The molecule has 1 aliphatic heterocycles. The predicted molar refractivity (Wildman–Crippen MR) is 90.2 cm³/mol. The van der Waals surface area contributed by atoms with Crippen molar-refractivity contribution in [2.24, 2.45) is 0 Å². The molecule has 1 atom stereocenters. The molecule has 1 aromatic carbocycles. The van der Waals surface area contributed by atoms with Crippen LogP contribution in [0.15, 0.2) is 30.3 Å². The van der Waals surface area contributed by atoms with Gasteiger partial charge >= 0.3 is 0 Å². The minimum Gasteiger partial charge on any atom is -0.497 e. The zero-order chi connectivity index (χ0) is 17.3. The second-order valence-corrected chi connectivity index (χ2v) is 5.77. The van der Waals surface area contributed by atoms with E-state index in [1.807, 2.05) is 13.0 Å². The monoisotopic (exact) mass is 328 g/mol. The minimum absolute atomic E-state index is 0.0696. The third kappa shape index (κ3) is 2.97. The van der Waals surface area contributed by atoms with E-state index in [9.17, 15) is 9.59 Å². The highest BCUT2D eigenvalue weighted by molar-refractivity contribution is 6.04. The highest BCUT2D eigenvalue weighted by atomic mass is 16.5. The lowest BCUT2D eigenvalue weighted by Crippen LogP contribution is -2.49. The van der Waals surface area contributed by atoms with Crippen LogP contribution >= 0.6 is 0 Å². The van der Waals surface area contributed by atoms with Crippen molar-refractivity contribution in [2.75, 3.05) is 17.3 Å². The van der Waals surface area contributed by atoms with Gasteiger partial charge < -0.3 is 10.1 Å². The molecule has 3 rings (SSSR count). The Labute approximate surface area is 140 Å². The Hall–Kier alpha value is -2.83. The normalized spacial score (nSPS) is 15.0. The highest BCUT2D eigenvalue weighted by Gasteiger charge is 2.33. The first-order valence-electron chi connectivity index (χ1n) is 7.81. The Bertz CT molecular complexity index is 767. The average Bonchev–Trinajstić information content (AvgIpc) is 2.95. The first-order valence-corrected chi connectivity index (χ1v) is 7.81. The van der Waals surface area contributed by atoms with Crippen LogP contribution < -0.4 is 15.0 Å². The lowest BCUT2D eigenvalue weighted by Gasteiger charge is -2.31. The van der Waals surface area contributed by atoms with E-state index in [0.717, 1.165) is 5.69 Å². The Morgan fingerprint density at radius 3 is 2.71 bits per heavy atom. The largest absolute Gasteiger partial charge is 0.497 e. The van der Waals surface area contributed by atoms with E-state index in [2.05, 4.69) is 10.4 Å². The summed E-state index contributed by atoms with van der Waals surface area (Å²) in [5.74, 6) is 1.06. The molecule has 0 bridgehead atoms. The van der Waals surface area contributed by atoms with Crippen molar-refractivity contribution in [1.82, 2.24) is 9.78 Å². The summed E-state index contributed by atoms with van der Waals surface area (Å²) in [6.45, 7) is 4.14. The van der Waals surface area contributed by atoms with Gasteiger partial charge in [-0.1, -0.05) is 0 Å². The third-order valence-electron chi connectivity index (χ3n) is 4.06. The molecule has 2 amide bonds. The molecule has 24 heavy (non-hydrogen) atoms. The van der Waals surface area contributed by atoms with Gasteiger partial charge in [-0.15, -0.1) is 0 Å².